The van der Waals surface area contributed by atoms with Crippen LogP contribution in [0, 0.1) is 5.92 Å². The summed E-state index contributed by atoms with van der Waals surface area (Å²) in [7, 11) is 0. The van der Waals surface area contributed by atoms with Crippen LogP contribution in [0.1, 0.15) is 27.1 Å². The summed E-state index contributed by atoms with van der Waals surface area (Å²) >= 11 is 11.8. The van der Waals surface area contributed by atoms with Crippen LogP contribution in [0.5, 0.6) is 0 Å². The van der Waals surface area contributed by atoms with Crippen LogP contribution in [0.15, 0.2) is 54.6 Å². The highest BCUT2D eigenvalue weighted by atomic mass is 35.5. The number of amides is 1. The largest absolute Gasteiger partial charge is 0.462 e. The van der Waals surface area contributed by atoms with E-state index in [4.69, 9.17) is 27.9 Å². The van der Waals surface area contributed by atoms with Gasteiger partial charge in [-0.2, -0.15) is 0 Å². The van der Waals surface area contributed by atoms with Crippen LogP contribution >= 0.6 is 23.2 Å². The second-order valence-electron chi connectivity index (χ2n) is 5.63. The highest BCUT2D eigenvalue weighted by Crippen LogP contribution is 2.53. The van der Waals surface area contributed by atoms with Crippen LogP contribution < -0.4 is 5.32 Å². The summed E-state index contributed by atoms with van der Waals surface area (Å²) in [5.41, 5.74) is 1.19. The number of ether oxygens (including phenoxy) is 1. The van der Waals surface area contributed by atoms with E-state index in [1.165, 1.54) is 0 Å². The molecule has 1 atom stereocenters. The topological polar surface area (TPSA) is 55.4 Å². The lowest BCUT2D eigenvalue weighted by Gasteiger charge is -2.11. The Morgan fingerprint density at radius 1 is 1.08 bits per heavy atom. The summed E-state index contributed by atoms with van der Waals surface area (Å²) in [5, 5.41) is 2.74. The Labute approximate surface area is 149 Å². The number of esters is 1. The third-order valence-electron chi connectivity index (χ3n) is 3.80. The number of carbonyl (C=O) groups is 2. The fourth-order valence-corrected chi connectivity index (χ4v) is 2.76. The number of para-hydroxylation sites is 1. The molecule has 3 rings (SSSR count). The van der Waals surface area contributed by atoms with E-state index in [1.807, 2.05) is 6.07 Å². The van der Waals surface area contributed by atoms with Gasteiger partial charge in [-0.25, -0.2) is 4.79 Å². The van der Waals surface area contributed by atoms with E-state index >= 15 is 0 Å². The van der Waals surface area contributed by atoms with Crippen molar-refractivity contribution in [2.45, 2.75) is 10.8 Å². The van der Waals surface area contributed by atoms with Gasteiger partial charge in [0, 0.05) is 11.5 Å². The van der Waals surface area contributed by atoms with E-state index in [0.29, 0.717) is 17.7 Å². The number of hydrogen-bond donors (Lipinski definition) is 1. The van der Waals surface area contributed by atoms with E-state index in [-0.39, 0.29) is 24.0 Å². The monoisotopic (exact) mass is 363 g/mol. The number of carbonyl (C=O) groups excluding carboxylic acids is 2. The zero-order valence-corrected chi connectivity index (χ0v) is 14.2. The predicted molar refractivity (Wildman–Crippen MR) is 93.7 cm³/mol. The molecule has 0 aromatic heterocycles. The summed E-state index contributed by atoms with van der Waals surface area (Å²) in [5.74, 6) is -0.857. The summed E-state index contributed by atoms with van der Waals surface area (Å²) in [4.78, 5) is 24.5. The van der Waals surface area contributed by atoms with Crippen molar-refractivity contribution < 1.29 is 14.3 Å². The first kappa shape index (κ1) is 16.8. The van der Waals surface area contributed by atoms with Gasteiger partial charge in [-0.05, 0) is 30.7 Å². The summed E-state index contributed by atoms with van der Waals surface area (Å²) in [6, 6.07) is 15.5. The van der Waals surface area contributed by atoms with Gasteiger partial charge in [0.05, 0.1) is 17.9 Å². The number of anilines is 1. The molecule has 0 saturated heterocycles. The van der Waals surface area contributed by atoms with Crippen molar-refractivity contribution in [3.63, 3.8) is 0 Å². The minimum atomic E-state index is -0.790. The smallest absolute Gasteiger partial charge is 0.340 e. The van der Waals surface area contributed by atoms with Crippen molar-refractivity contribution in [3.05, 3.63) is 65.7 Å². The molecule has 2 aromatic rings. The van der Waals surface area contributed by atoms with Gasteiger partial charge in [-0.15, -0.1) is 23.2 Å². The van der Waals surface area contributed by atoms with Gasteiger partial charge in [-0.1, -0.05) is 30.3 Å². The Balaban J connectivity index is 1.68. The maximum absolute atomic E-state index is 12.3. The number of halogens is 2. The summed E-state index contributed by atoms with van der Waals surface area (Å²) in [6.45, 7) is 0.160. The van der Waals surface area contributed by atoms with Gasteiger partial charge in [0.2, 0.25) is 0 Å². The molecule has 124 valence electrons. The predicted octanol–water partition coefficient (Wildman–Crippen LogP) is 4.29. The number of nitrogens with one attached hydrogen (secondary N) is 1. The fourth-order valence-electron chi connectivity index (χ4n) is 2.26. The molecule has 1 N–H and O–H groups in total. The number of alkyl halides is 2. The maximum Gasteiger partial charge on any atom is 0.340 e. The maximum atomic E-state index is 12.3. The van der Waals surface area contributed by atoms with Crippen LogP contribution in [0.25, 0.3) is 0 Å². The summed E-state index contributed by atoms with van der Waals surface area (Å²) < 4.78 is 4.47. The van der Waals surface area contributed by atoms with Crippen molar-refractivity contribution in [2.75, 3.05) is 11.9 Å². The quantitative estimate of drug-likeness (QED) is 0.636. The van der Waals surface area contributed by atoms with Crippen molar-refractivity contribution in [1.29, 1.82) is 0 Å². The molecule has 1 aliphatic carbocycles. The first-order chi connectivity index (χ1) is 11.5. The van der Waals surface area contributed by atoms with Gasteiger partial charge < -0.3 is 10.1 Å². The molecule has 1 aliphatic rings. The molecule has 4 nitrogen and oxygen atoms in total. The Kier molecular flexibility index (Phi) is 4.78. The normalized spacial score (nSPS) is 17.8. The summed E-state index contributed by atoms with van der Waals surface area (Å²) in [6.07, 6.45) is 0.607. The Morgan fingerprint density at radius 2 is 1.71 bits per heavy atom. The lowest BCUT2D eigenvalue weighted by atomic mass is 10.1. The van der Waals surface area contributed by atoms with Gasteiger partial charge in [0.15, 0.2) is 0 Å². The molecular weight excluding hydrogens is 349 g/mol. The van der Waals surface area contributed by atoms with E-state index in [2.05, 4.69) is 5.32 Å². The molecule has 0 bridgehead atoms. The number of benzene rings is 2. The van der Waals surface area contributed by atoms with Crippen LogP contribution in [0.2, 0.25) is 0 Å². The molecule has 0 unspecified atom stereocenters. The van der Waals surface area contributed by atoms with Gasteiger partial charge in [0.1, 0.15) is 4.33 Å². The molecule has 6 heteroatoms. The number of hydrogen-bond acceptors (Lipinski definition) is 3. The molecule has 1 amide bonds. The Morgan fingerprint density at radius 3 is 2.38 bits per heavy atom. The lowest BCUT2D eigenvalue weighted by Crippen LogP contribution is -2.16. The average Bonchev–Trinajstić information content (AvgIpc) is 3.21. The van der Waals surface area contributed by atoms with Crippen molar-refractivity contribution in [1.82, 2.24) is 0 Å². The van der Waals surface area contributed by atoms with Crippen molar-refractivity contribution >= 4 is 40.8 Å². The SMILES string of the molecule is O=C(Nc1ccccc1C(=O)OC[C@H]1CC1(Cl)Cl)c1ccccc1. The molecule has 0 radical (unpaired) electrons. The highest BCUT2D eigenvalue weighted by molar-refractivity contribution is 6.50. The van der Waals surface area contributed by atoms with Crippen LogP contribution in [0.3, 0.4) is 0 Å². The minimum absolute atomic E-state index is 0.0455. The molecule has 0 spiro atoms. The zero-order valence-electron chi connectivity index (χ0n) is 12.7. The zero-order chi connectivity index (χ0) is 17.2. The molecule has 1 fully saturated rings. The van der Waals surface area contributed by atoms with Crippen LogP contribution in [-0.4, -0.2) is 22.8 Å². The van der Waals surface area contributed by atoms with Crippen LogP contribution in [0.4, 0.5) is 5.69 Å². The lowest BCUT2D eigenvalue weighted by molar-refractivity contribution is 0.0486. The first-order valence-electron chi connectivity index (χ1n) is 7.48. The number of rotatable bonds is 5. The molecule has 2 aromatic carbocycles. The van der Waals surface area contributed by atoms with E-state index in [0.717, 1.165) is 0 Å². The highest BCUT2D eigenvalue weighted by Gasteiger charge is 2.52. The van der Waals surface area contributed by atoms with Gasteiger partial charge in [-0.3, -0.25) is 4.79 Å². The second-order valence-corrected chi connectivity index (χ2v) is 7.17. The van der Waals surface area contributed by atoms with Gasteiger partial charge >= 0.3 is 5.97 Å². The molecule has 1 saturated carbocycles. The van der Waals surface area contributed by atoms with E-state index < -0.39 is 10.3 Å². The first-order valence-corrected chi connectivity index (χ1v) is 8.23. The Bertz CT molecular complexity index is 762. The molecule has 0 heterocycles. The third-order valence-corrected chi connectivity index (χ3v) is 4.73. The Hall–Kier alpha value is -2.04. The third kappa shape index (κ3) is 3.89. The van der Waals surface area contributed by atoms with E-state index in [1.54, 1.807) is 48.5 Å². The molecule has 24 heavy (non-hydrogen) atoms. The van der Waals surface area contributed by atoms with Crippen LogP contribution in [-0.2, 0) is 4.74 Å². The average molecular weight is 364 g/mol. The fraction of sp³-hybridized carbons (Fsp3) is 0.222. The molecule has 0 aliphatic heterocycles. The molecular formula is C18H15Cl2NO3. The van der Waals surface area contributed by atoms with Crippen molar-refractivity contribution in [2.24, 2.45) is 5.92 Å². The second kappa shape index (κ2) is 6.83. The van der Waals surface area contributed by atoms with E-state index in [9.17, 15) is 9.59 Å². The van der Waals surface area contributed by atoms with Crippen molar-refractivity contribution in [3.8, 4) is 0 Å². The standard InChI is InChI=1S/C18H15Cl2NO3/c19-18(20)10-13(18)11-24-17(23)14-8-4-5-9-15(14)21-16(22)12-6-2-1-3-7-12/h1-9,13H,10-11H2,(H,21,22)/t13-/m1/s1. The minimum Gasteiger partial charge on any atom is -0.462 e. The van der Waals surface area contributed by atoms with Gasteiger partial charge in [0.25, 0.3) is 5.91 Å².